The lowest BCUT2D eigenvalue weighted by molar-refractivity contribution is -0.385. The van der Waals surface area contributed by atoms with Crippen LogP contribution in [0, 0.1) is 10.1 Å². The van der Waals surface area contributed by atoms with Crippen LogP contribution in [0.5, 0.6) is 23.0 Å². The molecule has 16 nitrogen and oxygen atoms in total. The standard InChI is InChI=1S/C40H52N6O10/c1-3-4-5-6-7-8-9-10-14-19-42-40(52)45-35(39(50)51)34-27-23-31(47)36(55-2)33(24-27)56-32-18-17-26(22-30(32)46(53)54)20-28(41)37(48)43-29(38(49)44-34)21-25-15-12-11-13-16-25/h11-13,15-18,22-24,28-29,34-35,47H,3-10,14,19-21,41H2,1-2H3,(H,43,48)(H,44,49)(H,50,51)(H2,42,45,52)/t28-,29+,34?,35-/m1/s1. The lowest BCUT2D eigenvalue weighted by Gasteiger charge is -2.30. The molecule has 2 aliphatic rings. The maximum absolute atomic E-state index is 14.2. The van der Waals surface area contributed by atoms with Crippen LogP contribution in [-0.4, -0.2) is 70.7 Å². The van der Waals surface area contributed by atoms with E-state index in [2.05, 4.69) is 28.2 Å². The molecule has 4 bridgehead atoms. The number of fused-ring (bicyclic) bond motifs is 9. The zero-order chi connectivity index (χ0) is 40.6. The number of aliphatic carboxylic acids is 1. The van der Waals surface area contributed by atoms with Gasteiger partial charge in [0, 0.05) is 19.0 Å². The number of amides is 4. The number of carboxylic acids is 1. The summed E-state index contributed by atoms with van der Waals surface area (Å²) in [6.07, 6.45) is 9.45. The molecular formula is C40H52N6O10. The predicted octanol–water partition coefficient (Wildman–Crippen LogP) is 5.15. The normalized spacial score (nSPS) is 17.5. The monoisotopic (exact) mass is 776 g/mol. The Kier molecular flexibility index (Phi) is 16.3. The van der Waals surface area contributed by atoms with Gasteiger partial charge in [-0.05, 0) is 47.7 Å². The summed E-state index contributed by atoms with van der Waals surface area (Å²) in [4.78, 5) is 65.2. The minimum Gasteiger partial charge on any atom is -0.504 e. The van der Waals surface area contributed by atoms with Gasteiger partial charge in [-0.1, -0.05) is 94.7 Å². The summed E-state index contributed by atoms with van der Waals surface area (Å²) in [7, 11) is 1.22. The SMILES string of the molecule is CCCCCCCCCCCNC(=O)N[C@@H](C(=O)O)C1NC(=O)[C@H](Cc2ccccc2)NC(=O)[C@H](N)Cc2ccc(c([N+](=O)[O-])c2)Oc2cc1cc(O)c2OC. The third kappa shape index (κ3) is 12.3. The largest absolute Gasteiger partial charge is 0.504 e. The van der Waals surface area contributed by atoms with Gasteiger partial charge in [0.15, 0.2) is 17.5 Å². The molecule has 4 amide bonds. The Labute approximate surface area is 325 Å². The Morgan fingerprint density at radius 2 is 1.64 bits per heavy atom. The Hall–Kier alpha value is -5.90. The predicted molar refractivity (Wildman–Crippen MR) is 208 cm³/mol. The van der Waals surface area contributed by atoms with Crippen molar-refractivity contribution in [3.8, 4) is 23.0 Å². The second kappa shape index (κ2) is 21.3. The summed E-state index contributed by atoms with van der Waals surface area (Å²) in [6.45, 7) is 2.45. The van der Waals surface area contributed by atoms with E-state index in [9.17, 15) is 39.5 Å². The number of urea groups is 1. The Morgan fingerprint density at radius 3 is 2.29 bits per heavy atom. The van der Waals surface area contributed by atoms with Crippen molar-refractivity contribution in [3.63, 3.8) is 0 Å². The highest BCUT2D eigenvalue weighted by Gasteiger charge is 2.36. The fourth-order valence-corrected chi connectivity index (χ4v) is 6.52. The average molecular weight is 777 g/mol. The summed E-state index contributed by atoms with van der Waals surface area (Å²) >= 11 is 0. The molecule has 16 heteroatoms. The van der Waals surface area contributed by atoms with E-state index < -0.39 is 64.3 Å². The highest BCUT2D eigenvalue weighted by molar-refractivity contribution is 5.91. The number of nitro groups is 1. The average Bonchev–Trinajstić information content (AvgIpc) is 3.16. The summed E-state index contributed by atoms with van der Waals surface area (Å²) in [5.74, 6) is -4.45. The third-order valence-electron chi connectivity index (χ3n) is 9.52. The third-order valence-corrected chi connectivity index (χ3v) is 9.52. The van der Waals surface area contributed by atoms with Gasteiger partial charge in [0.05, 0.1) is 24.1 Å². The Balaban J connectivity index is 1.70. The molecule has 8 N–H and O–H groups in total. The number of nitrogens with zero attached hydrogens (tertiary/aromatic N) is 1. The topological polar surface area (TPSA) is 244 Å². The second-order valence-electron chi connectivity index (χ2n) is 13.8. The van der Waals surface area contributed by atoms with Crippen molar-refractivity contribution < 1.29 is 43.8 Å². The number of phenols is 1. The molecule has 2 heterocycles. The Bertz CT molecular complexity index is 1820. The number of nitrogens with two attached hydrogens (primary N) is 1. The number of ether oxygens (including phenoxy) is 2. The van der Waals surface area contributed by atoms with E-state index in [0.29, 0.717) is 17.5 Å². The fourth-order valence-electron chi connectivity index (χ4n) is 6.52. The van der Waals surface area contributed by atoms with E-state index in [0.717, 1.165) is 31.7 Å². The van der Waals surface area contributed by atoms with Crippen molar-refractivity contribution in [2.45, 2.75) is 102 Å². The van der Waals surface area contributed by atoms with Crippen LogP contribution < -0.4 is 36.5 Å². The van der Waals surface area contributed by atoms with Crippen LogP contribution >= 0.6 is 0 Å². The van der Waals surface area contributed by atoms with Crippen LogP contribution in [-0.2, 0) is 27.2 Å². The molecule has 302 valence electrons. The summed E-state index contributed by atoms with van der Waals surface area (Å²) in [5.41, 5.74) is 6.66. The fraction of sp³-hybridized carbons (Fsp3) is 0.450. The number of benzene rings is 3. The van der Waals surface area contributed by atoms with Gasteiger partial charge >= 0.3 is 17.7 Å². The molecule has 3 aromatic rings. The molecule has 0 aliphatic carbocycles. The van der Waals surface area contributed by atoms with Crippen LogP contribution in [0.1, 0.15) is 87.4 Å². The number of carbonyl (C=O) groups is 4. The number of hydrogen-bond donors (Lipinski definition) is 7. The zero-order valence-corrected chi connectivity index (χ0v) is 31.8. The summed E-state index contributed by atoms with van der Waals surface area (Å²) in [5, 5.41) is 44.2. The van der Waals surface area contributed by atoms with E-state index in [1.807, 2.05) is 0 Å². The lowest BCUT2D eigenvalue weighted by Crippen LogP contribution is -2.57. The van der Waals surface area contributed by atoms with E-state index in [-0.39, 0.29) is 42.2 Å². The highest BCUT2D eigenvalue weighted by atomic mass is 16.6. The molecule has 0 fully saturated rings. The minimum atomic E-state index is -1.84. The first-order valence-corrected chi connectivity index (χ1v) is 18.9. The number of nitrogens with one attached hydrogen (secondary N) is 4. The first-order valence-electron chi connectivity index (χ1n) is 18.9. The molecule has 0 radical (unpaired) electrons. The van der Waals surface area contributed by atoms with Crippen molar-refractivity contribution in [2.75, 3.05) is 13.7 Å². The number of aromatic hydroxyl groups is 1. The molecule has 3 aromatic carbocycles. The van der Waals surface area contributed by atoms with Crippen molar-refractivity contribution in [2.24, 2.45) is 5.73 Å². The van der Waals surface area contributed by atoms with Crippen molar-refractivity contribution in [3.05, 3.63) is 87.5 Å². The number of phenolic OH excluding ortho intramolecular Hbond substituents is 1. The number of nitro benzene ring substituents is 1. The minimum absolute atomic E-state index is 0.0371. The smallest absolute Gasteiger partial charge is 0.328 e. The molecule has 56 heavy (non-hydrogen) atoms. The van der Waals surface area contributed by atoms with Crippen LogP contribution in [0.3, 0.4) is 0 Å². The number of unbranched alkanes of at least 4 members (excludes halogenated alkanes) is 8. The van der Waals surface area contributed by atoms with Gasteiger partial charge in [-0.15, -0.1) is 0 Å². The maximum Gasteiger partial charge on any atom is 0.328 e. The summed E-state index contributed by atoms with van der Waals surface area (Å²) < 4.78 is 11.3. The van der Waals surface area contributed by atoms with Gasteiger partial charge in [-0.2, -0.15) is 0 Å². The number of carboxylic acid groups (broad SMARTS) is 1. The molecule has 2 aliphatic heterocycles. The van der Waals surface area contributed by atoms with Gasteiger partial charge < -0.3 is 46.7 Å². The first-order chi connectivity index (χ1) is 26.9. The van der Waals surface area contributed by atoms with E-state index in [4.69, 9.17) is 15.2 Å². The van der Waals surface area contributed by atoms with Crippen molar-refractivity contribution in [1.29, 1.82) is 0 Å². The van der Waals surface area contributed by atoms with Crippen LogP contribution in [0.25, 0.3) is 0 Å². The van der Waals surface area contributed by atoms with Gasteiger partial charge in [-0.25, -0.2) is 9.59 Å². The number of rotatable bonds is 17. The van der Waals surface area contributed by atoms with Crippen LogP contribution in [0.15, 0.2) is 60.7 Å². The van der Waals surface area contributed by atoms with E-state index >= 15 is 0 Å². The van der Waals surface area contributed by atoms with E-state index in [1.54, 1.807) is 30.3 Å². The lowest BCUT2D eigenvalue weighted by atomic mass is 9.96. The number of methoxy groups -OCH3 is 1. The molecule has 0 aromatic heterocycles. The van der Waals surface area contributed by atoms with Crippen molar-refractivity contribution in [1.82, 2.24) is 21.3 Å². The van der Waals surface area contributed by atoms with Crippen molar-refractivity contribution >= 4 is 29.5 Å². The van der Waals surface area contributed by atoms with E-state index in [1.165, 1.54) is 57.1 Å². The molecule has 5 rings (SSSR count). The molecule has 0 saturated heterocycles. The number of hydrogen-bond acceptors (Lipinski definition) is 10. The van der Waals surface area contributed by atoms with Gasteiger partial charge in [0.2, 0.25) is 23.3 Å². The van der Waals surface area contributed by atoms with Gasteiger partial charge in [-0.3, -0.25) is 19.7 Å². The highest BCUT2D eigenvalue weighted by Crippen LogP contribution is 2.44. The van der Waals surface area contributed by atoms with Gasteiger partial charge in [0.25, 0.3) is 0 Å². The molecule has 0 spiro atoms. The van der Waals surface area contributed by atoms with Crippen LogP contribution in [0.2, 0.25) is 0 Å². The number of carbonyl (C=O) groups excluding carboxylic acids is 3. The quantitative estimate of drug-likeness (QED) is 0.0537. The maximum atomic E-state index is 14.2. The van der Waals surface area contributed by atoms with Crippen LogP contribution in [0.4, 0.5) is 10.5 Å². The van der Waals surface area contributed by atoms with Gasteiger partial charge in [0.1, 0.15) is 6.04 Å². The zero-order valence-electron chi connectivity index (χ0n) is 31.8. The molecule has 0 saturated carbocycles. The molecule has 4 atom stereocenters. The Morgan fingerprint density at radius 1 is 0.964 bits per heavy atom. The molecular weight excluding hydrogens is 724 g/mol. The summed E-state index contributed by atoms with van der Waals surface area (Å²) in [6, 6.07) is 8.25. The molecule has 1 unspecified atom stereocenters. The first kappa shape index (κ1) is 42.8. The second-order valence-corrected chi connectivity index (χ2v) is 13.8.